The van der Waals surface area contributed by atoms with Gasteiger partial charge in [0.1, 0.15) is 5.60 Å². The van der Waals surface area contributed by atoms with Gasteiger partial charge in [-0.2, -0.15) is 0 Å². The third-order valence-electron chi connectivity index (χ3n) is 3.38. The fraction of sp³-hybridized carbons (Fsp3) is 0.462. The Morgan fingerprint density at radius 1 is 1.35 bits per heavy atom. The molecule has 1 N–H and O–H groups in total. The molecule has 0 aromatic heterocycles. The van der Waals surface area contributed by atoms with E-state index in [1.54, 1.807) is 29.2 Å². The lowest BCUT2D eigenvalue weighted by Gasteiger charge is -2.49. The van der Waals surface area contributed by atoms with E-state index in [4.69, 9.17) is 11.6 Å². The Hall–Kier alpha value is -1.06. The molecule has 0 radical (unpaired) electrons. The number of aliphatic hydroxyl groups is 1. The molecule has 1 saturated heterocycles. The lowest BCUT2D eigenvalue weighted by molar-refractivity contribution is -0.110. The molecule has 1 aliphatic rings. The van der Waals surface area contributed by atoms with Crippen LogP contribution in [0.15, 0.2) is 24.3 Å². The minimum atomic E-state index is -0.720. The fourth-order valence-corrected chi connectivity index (χ4v) is 2.02. The first kappa shape index (κ1) is 12.4. The molecule has 17 heavy (non-hydrogen) atoms. The molecule has 1 amide bonds. The minimum absolute atomic E-state index is 0.0491. The van der Waals surface area contributed by atoms with Gasteiger partial charge in [0.05, 0.1) is 13.1 Å². The first-order valence-corrected chi connectivity index (χ1v) is 6.07. The van der Waals surface area contributed by atoms with Crippen molar-refractivity contribution in [2.45, 2.75) is 19.4 Å². The van der Waals surface area contributed by atoms with Gasteiger partial charge in [-0.1, -0.05) is 25.4 Å². The minimum Gasteiger partial charge on any atom is -0.386 e. The standard InChI is InChI=1S/C13H16ClNO2/c1-9(2)13(17)7-15(8-13)12(16)10-3-5-11(14)6-4-10/h3-6,9,17H,7-8H2,1-2H3. The molecular weight excluding hydrogens is 238 g/mol. The molecule has 3 nitrogen and oxygen atoms in total. The third-order valence-corrected chi connectivity index (χ3v) is 3.63. The lowest BCUT2D eigenvalue weighted by atomic mass is 9.82. The summed E-state index contributed by atoms with van der Waals surface area (Å²) in [5, 5.41) is 10.7. The Morgan fingerprint density at radius 3 is 2.35 bits per heavy atom. The molecule has 1 fully saturated rings. The molecule has 0 unspecified atom stereocenters. The van der Waals surface area contributed by atoms with E-state index in [0.29, 0.717) is 23.7 Å². The summed E-state index contributed by atoms with van der Waals surface area (Å²) < 4.78 is 0. The van der Waals surface area contributed by atoms with Gasteiger partial charge in [-0.05, 0) is 30.2 Å². The van der Waals surface area contributed by atoms with Crippen LogP contribution in [0.5, 0.6) is 0 Å². The van der Waals surface area contributed by atoms with Crippen molar-refractivity contribution in [2.75, 3.05) is 13.1 Å². The molecule has 0 atom stereocenters. The molecule has 1 aromatic rings. The van der Waals surface area contributed by atoms with Crippen LogP contribution in [-0.2, 0) is 0 Å². The van der Waals surface area contributed by atoms with Crippen molar-refractivity contribution in [2.24, 2.45) is 5.92 Å². The van der Waals surface area contributed by atoms with Gasteiger partial charge in [0, 0.05) is 10.6 Å². The molecule has 4 heteroatoms. The second-order valence-electron chi connectivity index (χ2n) is 4.93. The highest BCUT2D eigenvalue weighted by atomic mass is 35.5. The van der Waals surface area contributed by atoms with Gasteiger partial charge in [0.25, 0.3) is 5.91 Å². The van der Waals surface area contributed by atoms with Gasteiger partial charge in [-0.3, -0.25) is 4.79 Å². The van der Waals surface area contributed by atoms with Crippen molar-refractivity contribution < 1.29 is 9.90 Å². The smallest absolute Gasteiger partial charge is 0.254 e. The zero-order valence-electron chi connectivity index (χ0n) is 9.98. The van der Waals surface area contributed by atoms with Crippen LogP contribution in [0.2, 0.25) is 5.02 Å². The number of halogens is 1. The molecule has 0 saturated carbocycles. The average Bonchev–Trinajstić information content (AvgIpc) is 2.24. The van der Waals surface area contributed by atoms with Crippen LogP contribution in [0, 0.1) is 5.92 Å². The maximum atomic E-state index is 12.0. The van der Waals surface area contributed by atoms with Crippen LogP contribution in [0.25, 0.3) is 0 Å². The lowest BCUT2D eigenvalue weighted by Crippen LogP contribution is -2.65. The predicted octanol–water partition coefficient (Wildman–Crippen LogP) is 2.18. The number of rotatable bonds is 2. The third kappa shape index (κ3) is 2.31. The highest BCUT2D eigenvalue weighted by molar-refractivity contribution is 6.30. The van der Waals surface area contributed by atoms with E-state index in [2.05, 4.69) is 0 Å². The zero-order chi connectivity index (χ0) is 12.6. The van der Waals surface area contributed by atoms with E-state index in [-0.39, 0.29) is 11.8 Å². The molecule has 0 bridgehead atoms. The molecule has 1 aliphatic heterocycles. The SMILES string of the molecule is CC(C)C1(O)CN(C(=O)c2ccc(Cl)cc2)C1. The second kappa shape index (κ2) is 4.31. The molecule has 0 aliphatic carbocycles. The topological polar surface area (TPSA) is 40.5 Å². The number of likely N-dealkylation sites (tertiary alicyclic amines) is 1. The molecule has 2 rings (SSSR count). The summed E-state index contributed by atoms with van der Waals surface area (Å²) in [5.41, 5.74) is -0.109. The maximum Gasteiger partial charge on any atom is 0.254 e. The fourth-order valence-electron chi connectivity index (χ4n) is 1.90. The number of hydrogen-bond donors (Lipinski definition) is 1. The van der Waals surface area contributed by atoms with Crippen molar-refractivity contribution in [1.82, 2.24) is 4.90 Å². The van der Waals surface area contributed by atoms with Gasteiger partial charge >= 0.3 is 0 Å². The summed E-state index contributed by atoms with van der Waals surface area (Å²) in [6.07, 6.45) is 0. The number of nitrogens with zero attached hydrogens (tertiary/aromatic N) is 1. The Morgan fingerprint density at radius 2 is 1.88 bits per heavy atom. The van der Waals surface area contributed by atoms with Crippen molar-refractivity contribution in [3.05, 3.63) is 34.9 Å². The largest absolute Gasteiger partial charge is 0.386 e. The van der Waals surface area contributed by atoms with Gasteiger partial charge in [0.15, 0.2) is 0 Å². The van der Waals surface area contributed by atoms with E-state index < -0.39 is 5.60 Å². The van der Waals surface area contributed by atoms with Crippen LogP contribution < -0.4 is 0 Å². The number of hydrogen-bond acceptors (Lipinski definition) is 2. The molecule has 0 spiro atoms. The Bertz CT molecular complexity index is 422. The van der Waals surface area contributed by atoms with Gasteiger partial charge < -0.3 is 10.0 Å². The summed E-state index contributed by atoms with van der Waals surface area (Å²) in [6, 6.07) is 6.81. The van der Waals surface area contributed by atoms with E-state index >= 15 is 0 Å². The van der Waals surface area contributed by atoms with E-state index in [9.17, 15) is 9.90 Å². The molecule has 92 valence electrons. The summed E-state index contributed by atoms with van der Waals surface area (Å²) in [4.78, 5) is 13.7. The highest BCUT2D eigenvalue weighted by Crippen LogP contribution is 2.29. The number of β-amino-alcohol motifs (C(OH)–C–C–N with tert-alkyl or cyclic N) is 1. The first-order chi connectivity index (χ1) is 7.92. The Balaban J connectivity index is 2.02. The molecule has 1 heterocycles. The number of carbonyl (C=O) groups is 1. The first-order valence-electron chi connectivity index (χ1n) is 5.69. The quantitative estimate of drug-likeness (QED) is 0.878. The van der Waals surface area contributed by atoms with E-state index in [1.165, 1.54) is 0 Å². The van der Waals surface area contributed by atoms with Crippen molar-refractivity contribution in [1.29, 1.82) is 0 Å². The zero-order valence-corrected chi connectivity index (χ0v) is 10.7. The number of benzene rings is 1. The second-order valence-corrected chi connectivity index (χ2v) is 5.36. The van der Waals surface area contributed by atoms with E-state index in [1.807, 2.05) is 13.8 Å². The normalized spacial score (nSPS) is 18.1. The van der Waals surface area contributed by atoms with Gasteiger partial charge in [-0.25, -0.2) is 0 Å². The summed E-state index contributed by atoms with van der Waals surface area (Å²) in [7, 11) is 0. The van der Waals surface area contributed by atoms with Crippen molar-refractivity contribution in [3.63, 3.8) is 0 Å². The van der Waals surface area contributed by atoms with Gasteiger partial charge in [-0.15, -0.1) is 0 Å². The summed E-state index contributed by atoms with van der Waals surface area (Å²) in [6.45, 7) is 4.74. The van der Waals surface area contributed by atoms with Crippen LogP contribution in [-0.4, -0.2) is 34.6 Å². The Labute approximate surface area is 106 Å². The van der Waals surface area contributed by atoms with Gasteiger partial charge in [0.2, 0.25) is 0 Å². The highest BCUT2D eigenvalue weighted by Gasteiger charge is 2.45. The summed E-state index contributed by atoms with van der Waals surface area (Å²) >= 11 is 5.77. The number of carbonyl (C=O) groups excluding carboxylic acids is 1. The van der Waals surface area contributed by atoms with Crippen LogP contribution >= 0.6 is 11.6 Å². The maximum absolute atomic E-state index is 12.0. The average molecular weight is 254 g/mol. The van der Waals surface area contributed by atoms with Crippen molar-refractivity contribution >= 4 is 17.5 Å². The number of amides is 1. The monoisotopic (exact) mass is 253 g/mol. The Kier molecular flexibility index (Phi) is 3.15. The predicted molar refractivity (Wildman–Crippen MR) is 67.1 cm³/mol. The molecule has 1 aromatic carbocycles. The van der Waals surface area contributed by atoms with Crippen LogP contribution in [0.4, 0.5) is 0 Å². The summed E-state index contributed by atoms with van der Waals surface area (Å²) in [5.74, 6) is 0.115. The van der Waals surface area contributed by atoms with E-state index in [0.717, 1.165) is 0 Å². The van der Waals surface area contributed by atoms with Crippen LogP contribution in [0.1, 0.15) is 24.2 Å². The van der Waals surface area contributed by atoms with Crippen molar-refractivity contribution in [3.8, 4) is 0 Å². The van der Waals surface area contributed by atoms with Crippen LogP contribution in [0.3, 0.4) is 0 Å². The molecular formula is C13H16ClNO2.